The number of hydrogen-bond donors (Lipinski definition) is 1. The van der Waals surface area contributed by atoms with Crippen LogP contribution in [0.4, 0.5) is 0 Å². The predicted octanol–water partition coefficient (Wildman–Crippen LogP) is 1.74. The van der Waals surface area contributed by atoms with Gasteiger partial charge in [-0.25, -0.2) is 14.3 Å². The summed E-state index contributed by atoms with van der Waals surface area (Å²) in [6, 6.07) is 16.2. The summed E-state index contributed by atoms with van der Waals surface area (Å²) < 4.78 is 13.1. The van der Waals surface area contributed by atoms with Gasteiger partial charge in [-0.1, -0.05) is 24.3 Å². The van der Waals surface area contributed by atoms with Crippen LogP contribution < -0.4 is 20.5 Å². The van der Waals surface area contributed by atoms with Gasteiger partial charge in [0.05, 0.1) is 19.0 Å². The lowest BCUT2D eigenvalue weighted by Crippen LogP contribution is -2.35. The lowest BCUT2D eigenvalue weighted by atomic mass is 10.3. The summed E-state index contributed by atoms with van der Waals surface area (Å²) >= 11 is 0. The minimum atomic E-state index is -0.508. The molecule has 0 saturated carbocycles. The van der Waals surface area contributed by atoms with Crippen molar-refractivity contribution in [1.29, 1.82) is 0 Å². The van der Waals surface area contributed by atoms with Gasteiger partial charge in [0.2, 0.25) is 0 Å². The minimum absolute atomic E-state index is 0.277. The van der Waals surface area contributed by atoms with Gasteiger partial charge in [0, 0.05) is 6.07 Å². The highest BCUT2D eigenvalue weighted by Crippen LogP contribution is 2.18. The van der Waals surface area contributed by atoms with Crippen molar-refractivity contribution in [3.63, 3.8) is 0 Å². The van der Waals surface area contributed by atoms with E-state index >= 15 is 0 Å². The molecule has 146 valence electrons. The standard InChI is InChI=1S/C20H17N5O4/c1-28-15-8-5-9-16(10-15)29-12-18(26)23-24-13-21-19-17(20(24)27)11-22-25(19)14-6-3-2-4-7-14/h2-11,13H,12H2,1H3,(H,23,26). The van der Waals surface area contributed by atoms with Crippen LogP contribution in [0.25, 0.3) is 16.7 Å². The summed E-state index contributed by atoms with van der Waals surface area (Å²) in [4.78, 5) is 29.1. The van der Waals surface area contributed by atoms with Gasteiger partial charge < -0.3 is 9.47 Å². The van der Waals surface area contributed by atoms with Crippen LogP contribution in [0.1, 0.15) is 0 Å². The molecule has 0 bridgehead atoms. The number of carbonyl (C=O) groups excluding carboxylic acids is 1. The van der Waals surface area contributed by atoms with Gasteiger partial charge in [-0.2, -0.15) is 5.10 Å². The molecular weight excluding hydrogens is 374 g/mol. The molecule has 9 heteroatoms. The second kappa shape index (κ2) is 7.85. The Morgan fingerprint density at radius 3 is 2.69 bits per heavy atom. The zero-order chi connectivity index (χ0) is 20.2. The molecule has 0 atom stereocenters. The van der Waals surface area contributed by atoms with Crippen LogP contribution in [0, 0.1) is 0 Å². The van der Waals surface area contributed by atoms with E-state index in [1.54, 1.807) is 36.1 Å². The summed E-state index contributed by atoms with van der Waals surface area (Å²) in [6.45, 7) is -0.277. The summed E-state index contributed by atoms with van der Waals surface area (Å²) in [5.41, 5.74) is 3.20. The number of nitrogens with one attached hydrogen (secondary N) is 1. The molecule has 0 aliphatic rings. The van der Waals surface area contributed by atoms with E-state index in [-0.39, 0.29) is 12.0 Å². The highest BCUT2D eigenvalue weighted by Gasteiger charge is 2.13. The molecule has 4 rings (SSSR count). The molecule has 4 aromatic rings. The summed E-state index contributed by atoms with van der Waals surface area (Å²) in [5.74, 6) is 0.584. The van der Waals surface area contributed by atoms with E-state index in [1.165, 1.54) is 12.5 Å². The highest BCUT2D eigenvalue weighted by atomic mass is 16.5. The Labute approximate surface area is 165 Å². The van der Waals surface area contributed by atoms with E-state index in [4.69, 9.17) is 9.47 Å². The normalized spacial score (nSPS) is 10.7. The average Bonchev–Trinajstić information content (AvgIpc) is 3.20. The van der Waals surface area contributed by atoms with Crippen LogP contribution in [0.5, 0.6) is 11.5 Å². The number of carbonyl (C=O) groups is 1. The van der Waals surface area contributed by atoms with Crippen LogP contribution in [0.3, 0.4) is 0 Å². The fourth-order valence-corrected chi connectivity index (χ4v) is 2.76. The van der Waals surface area contributed by atoms with Crippen LogP contribution in [-0.2, 0) is 4.79 Å². The van der Waals surface area contributed by atoms with Crippen molar-refractivity contribution in [2.75, 3.05) is 19.1 Å². The van der Waals surface area contributed by atoms with E-state index in [9.17, 15) is 9.59 Å². The third kappa shape index (κ3) is 3.79. The third-order valence-electron chi connectivity index (χ3n) is 4.15. The monoisotopic (exact) mass is 391 g/mol. The Kier molecular flexibility index (Phi) is 4.93. The van der Waals surface area contributed by atoms with Crippen molar-refractivity contribution in [3.8, 4) is 17.2 Å². The summed E-state index contributed by atoms with van der Waals surface area (Å²) in [7, 11) is 1.54. The fraction of sp³-hybridized carbons (Fsp3) is 0.100. The summed E-state index contributed by atoms with van der Waals surface area (Å²) in [6.07, 6.45) is 2.67. The Hall–Kier alpha value is -4.14. The van der Waals surface area contributed by atoms with Crippen LogP contribution >= 0.6 is 0 Å². The molecular formula is C20H17N5O4. The Balaban J connectivity index is 1.50. The Morgan fingerprint density at radius 1 is 1.10 bits per heavy atom. The molecule has 0 spiro atoms. The lowest BCUT2D eigenvalue weighted by Gasteiger charge is -2.10. The Morgan fingerprint density at radius 2 is 1.90 bits per heavy atom. The number of amides is 1. The lowest BCUT2D eigenvalue weighted by molar-refractivity contribution is -0.119. The van der Waals surface area contributed by atoms with Gasteiger partial charge in [-0.3, -0.25) is 15.0 Å². The van der Waals surface area contributed by atoms with Crippen LogP contribution in [0.2, 0.25) is 0 Å². The zero-order valence-corrected chi connectivity index (χ0v) is 15.5. The van der Waals surface area contributed by atoms with E-state index in [1.807, 2.05) is 30.3 Å². The largest absolute Gasteiger partial charge is 0.497 e. The van der Waals surface area contributed by atoms with Gasteiger partial charge in [0.15, 0.2) is 12.3 Å². The quantitative estimate of drug-likeness (QED) is 0.537. The van der Waals surface area contributed by atoms with Crippen LogP contribution in [-0.4, -0.2) is 39.1 Å². The average molecular weight is 391 g/mol. The van der Waals surface area contributed by atoms with E-state index in [0.717, 1.165) is 10.4 Å². The number of ether oxygens (including phenoxy) is 2. The molecule has 0 aliphatic carbocycles. The molecule has 0 saturated heterocycles. The first-order valence-electron chi connectivity index (χ1n) is 8.73. The molecule has 0 aliphatic heterocycles. The molecule has 0 radical (unpaired) electrons. The number of para-hydroxylation sites is 1. The molecule has 1 N–H and O–H groups in total. The van der Waals surface area contributed by atoms with Gasteiger partial charge in [0.1, 0.15) is 23.2 Å². The molecule has 9 nitrogen and oxygen atoms in total. The maximum Gasteiger partial charge on any atom is 0.283 e. The number of hydrogen-bond acceptors (Lipinski definition) is 6. The van der Waals surface area contributed by atoms with Gasteiger partial charge >= 0.3 is 0 Å². The number of aromatic nitrogens is 4. The van der Waals surface area contributed by atoms with E-state index in [0.29, 0.717) is 17.1 Å². The molecule has 0 fully saturated rings. The number of fused-ring (bicyclic) bond motifs is 1. The first kappa shape index (κ1) is 18.2. The van der Waals surface area contributed by atoms with Gasteiger partial charge in [-0.15, -0.1) is 0 Å². The smallest absolute Gasteiger partial charge is 0.283 e. The van der Waals surface area contributed by atoms with Crippen molar-refractivity contribution in [3.05, 3.63) is 77.5 Å². The molecule has 1 amide bonds. The summed E-state index contributed by atoms with van der Waals surface area (Å²) in [5, 5.41) is 4.51. The van der Waals surface area contributed by atoms with Crippen molar-refractivity contribution in [2.45, 2.75) is 0 Å². The molecule has 2 heterocycles. The maximum absolute atomic E-state index is 12.7. The van der Waals surface area contributed by atoms with Crippen LogP contribution in [0.15, 0.2) is 71.9 Å². The number of methoxy groups -OCH3 is 1. The zero-order valence-electron chi connectivity index (χ0n) is 15.5. The first-order chi connectivity index (χ1) is 14.2. The van der Waals surface area contributed by atoms with E-state index in [2.05, 4.69) is 15.5 Å². The molecule has 2 aromatic heterocycles. The predicted molar refractivity (Wildman–Crippen MR) is 106 cm³/mol. The number of benzene rings is 2. The third-order valence-corrected chi connectivity index (χ3v) is 4.15. The second-order valence-corrected chi connectivity index (χ2v) is 6.05. The first-order valence-corrected chi connectivity index (χ1v) is 8.73. The minimum Gasteiger partial charge on any atom is -0.497 e. The van der Waals surface area contributed by atoms with Gasteiger partial charge in [0.25, 0.3) is 11.5 Å². The number of rotatable bonds is 6. The highest BCUT2D eigenvalue weighted by molar-refractivity contribution is 5.85. The Bertz CT molecular complexity index is 1220. The van der Waals surface area contributed by atoms with Crippen molar-refractivity contribution >= 4 is 16.9 Å². The molecule has 0 unspecified atom stereocenters. The SMILES string of the molecule is COc1cccc(OCC(=O)Nn2cnc3c(cnn3-c3ccccc3)c2=O)c1. The maximum atomic E-state index is 12.7. The van der Waals surface area contributed by atoms with E-state index < -0.39 is 11.5 Å². The second-order valence-electron chi connectivity index (χ2n) is 6.05. The topological polar surface area (TPSA) is 100 Å². The molecule has 2 aromatic carbocycles. The van der Waals surface area contributed by atoms with Gasteiger partial charge in [-0.05, 0) is 24.3 Å². The van der Waals surface area contributed by atoms with Crippen molar-refractivity contribution < 1.29 is 14.3 Å². The van der Waals surface area contributed by atoms with Crippen molar-refractivity contribution in [1.82, 2.24) is 19.4 Å². The fourth-order valence-electron chi connectivity index (χ4n) is 2.76. The number of nitrogens with zero attached hydrogens (tertiary/aromatic N) is 4. The molecule has 29 heavy (non-hydrogen) atoms. The van der Waals surface area contributed by atoms with Crippen molar-refractivity contribution in [2.24, 2.45) is 0 Å².